The molecule has 0 radical (unpaired) electrons. The van der Waals surface area contributed by atoms with Gasteiger partial charge in [0.15, 0.2) is 0 Å². The normalized spacial score (nSPS) is 17.7. The third-order valence-electron chi connectivity index (χ3n) is 5.31. The van der Waals surface area contributed by atoms with Crippen LogP contribution in [0.15, 0.2) is 48.0 Å². The number of anilines is 1. The highest BCUT2D eigenvalue weighted by Crippen LogP contribution is 2.41. The largest absolute Gasteiger partial charge is 0.507 e. The number of hydrogen-bond donors (Lipinski definition) is 1. The number of likely N-dealkylation sites (tertiary alicyclic amines) is 1. The Morgan fingerprint density at radius 2 is 1.84 bits per heavy atom. The van der Waals surface area contributed by atoms with Gasteiger partial charge >= 0.3 is 0 Å². The summed E-state index contributed by atoms with van der Waals surface area (Å²) in [6.45, 7) is 2.72. The summed E-state index contributed by atoms with van der Waals surface area (Å²) >= 11 is 6.34. The van der Waals surface area contributed by atoms with Crippen LogP contribution in [0, 0.1) is 0 Å². The van der Waals surface area contributed by atoms with Gasteiger partial charge in [-0.2, -0.15) is 0 Å². The maximum Gasteiger partial charge on any atom is 0.295 e. The molecular weight excluding hydrogens is 432 g/mol. The maximum absolute atomic E-state index is 13.0. The molecule has 1 N–H and O–H groups in total. The molecule has 3 rings (SSSR count). The number of benzene rings is 2. The van der Waals surface area contributed by atoms with E-state index in [4.69, 9.17) is 21.1 Å². The molecule has 1 fully saturated rings. The van der Waals surface area contributed by atoms with E-state index < -0.39 is 17.7 Å². The van der Waals surface area contributed by atoms with Crippen LogP contribution in [-0.2, 0) is 14.3 Å². The number of aliphatic hydroxyl groups excluding tert-OH is 1. The van der Waals surface area contributed by atoms with E-state index in [9.17, 15) is 14.7 Å². The van der Waals surface area contributed by atoms with Crippen molar-refractivity contribution in [2.24, 2.45) is 0 Å². The number of nitrogens with zero attached hydrogens (tertiary/aromatic N) is 2. The number of carbonyl (C=O) groups is 2. The number of methoxy groups -OCH3 is 1. The van der Waals surface area contributed by atoms with E-state index in [1.165, 1.54) is 12.0 Å². The van der Waals surface area contributed by atoms with Gasteiger partial charge in [-0.05, 0) is 42.8 Å². The fourth-order valence-electron chi connectivity index (χ4n) is 3.69. The van der Waals surface area contributed by atoms with E-state index in [2.05, 4.69) is 0 Å². The predicted octanol–water partition coefficient (Wildman–Crippen LogP) is 3.87. The van der Waals surface area contributed by atoms with Crippen LogP contribution in [0.5, 0.6) is 5.75 Å². The van der Waals surface area contributed by atoms with Crippen molar-refractivity contribution in [1.29, 1.82) is 0 Å². The van der Waals surface area contributed by atoms with E-state index in [-0.39, 0.29) is 35.1 Å². The molecular formula is C24H27ClN2O5. The van der Waals surface area contributed by atoms with Crippen molar-refractivity contribution in [3.63, 3.8) is 0 Å². The van der Waals surface area contributed by atoms with Crippen LogP contribution < -0.4 is 9.64 Å². The zero-order valence-corrected chi connectivity index (χ0v) is 19.3. The molecule has 2 aromatic rings. The molecule has 32 heavy (non-hydrogen) atoms. The maximum atomic E-state index is 13.0. The third-order valence-corrected chi connectivity index (χ3v) is 5.64. The predicted molar refractivity (Wildman–Crippen MR) is 124 cm³/mol. The lowest BCUT2D eigenvalue weighted by atomic mass is 9.95. The lowest BCUT2D eigenvalue weighted by Crippen LogP contribution is -2.32. The number of aliphatic hydroxyl groups is 1. The number of carbonyl (C=O) groups excluding carboxylic acids is 2. The number of halogens is 1. The highest BCUT2D eigenvalue weighted by Gasteiger charge is 2.46. The Hall–Kier alpha value is -3.03. The van der Waals surface area contributed by atoms with Gasteiger partial charge < -0.3 is 24.4 Å². The van der Waals surface area contributed by atoms with Gasteiger partial charge in [-0.3, -0.25) is 9.59 Å². The van der Waals surface area contributed by atoms with Crippen molar-refractivity contribution in [3.05, 3.63) is 64.2 Å². The van der Waals surface area contributed by atoms with Crippen molar-refractivity contribution in [1.82, 2.24) is 4.90 Å². The first-order valence-electron chi connectivity index (χ1n) is 10.3. The summed E-state index contributed by atoms with van der Waals surface area (Å²) in [5, 5.41) is 11.4. The Balaban J connectivity index is 2.17. The van der Waals surface area contributed by atoms with Crippen LogP contribution in [0.3, 0.4) is 0 Å². The second-order valence-electron chi connectivity index (χ2n) is 7.55. The van der Waals surface area contributed by atoms with Crippen LogP contribution in [0.1, 0.15) is 24.1 Å². The molecule has 0 aromatic heterocycles. The van der Waals surface area contributed by atoms with Crippen LogP contribution in [0.25, 0.3) is 5.76 Å². The molecule has 0 bridgehead atoms. The van der Waals surface area contributed by atoms with Crippen LogP contribution >= 0.6 is 11.6 Å². The van der Waals surface area contributed by atoms with Crippen molar-refractivity contribution in [2.75, 3.05) is 45.9 Å². The van der Waals surface area contributed by atoms with E-state index in [0.29, 0.717) is 17.9 Å². The van der Waals surface area contributed by atoms with Gasteiger partial charge in [-0.25, -0.2) is 0 Å². The van der Waals surface area contributed by atoms with Crippen molar-refractivity contribution in [3.8, 4) is 5.75 Å². The summed E-state index contributed by atoms with van der Waals surface area (Å²) in [5.41, 5.74) is 1.89. The number of amides is 1. The second kappa shape index (κ2) is 10.1. The molecule has 170 valence electrons. The van der Waals surface area contributed by atoms with E-state index in [1.54, 1.807) is 18.2 Å². The molecule has 1 amide bonds. The van der Waals surface area contributed by atoms with Crippen molar-refractivity contribution >= 4 is 34.7 Å². The van der Waals surface area contributed by atoms with Gasteiger partial charge in [0, 0.05) is 39.0 Å². The molecule has 1 saturated heterocycles. The zero-order chi connectivity index (χ0) is 23.4. The monoisotopic (exact) mass is 458 g/mol. The minimum atomic E-state index is -0.770. The average Bonchev–Trinajstić information content (AvgIpc) is 3.03. The molecule has 0 saturated carbocycles. The van der Waals surface area contributed by atoms with Gasteiger partial charge in [-0.15, -0.1) is 0 Å². The molecule has 0 aliphatic carbocycles. The number of ketones is 1. The van der Waals surface area contributed by atoms with Crippen LogP contribution in [0.4, 0.5) is 5.69 Å². The average molecular weight is 459 g/mol. The first-order chi connectivity index (χ1) is 15.3. The van der Waals surface area contributed by atoms with Crippen molar-refractivity contribution < 1.29 is 24.2 Å². The molecule has 8 heteroatoms. The molecule has 1 aliphatic rings. The lowest BCUT2D eigenvalue weighted by Gasteiger charge is -2.25. The number of hydrogen-bond acceptors (Lipinski definition) is 6. The second-order valence-corrected chi connectivity index (χ2v) is 7.95. The lowest BCUT2D eigenvalue weighted by molar-refractivity contribution is -0.140. The summed E-state index contributed by atoms with van der Waals surface area (Å²) in [6, 6.07) is 11.5. The highest BCUT2D eigenvalue weighted by atomic mass is 35.5. The topological polar surface area (TPSA) is 79.3 Å². The van der Waals surface area contributed by atoms with Crippen molar-refractivity contribution in [2.45, 2.75) is 13.0 Å². The Morgan fingerprint density at radius 1 is 1.16 bits per heavy atom. The Morgan fingerprint density at radius 3 is 2.44 bits per heavy atom. The molecule has 1 atom stereocenters. The standard InChI is InChI=1S/C24H27ClN2O5/c1-5-32-17-10-11-19(25)18(14-17)22(28)20-21(15-6-8-16(9-7-15)26(2)3)27(12-13-31-4)24(30)23(20)29/h6-11,14,21,28H,5,12-13H2,1-4H3/b22-20+. The number of rotatable bonds is 8. The minimum Gasteiger partial charge on any atom is -0.507 e. The van der Waals surface area contributed by atoms with Crippen LogP contribution in [0.2, 0.25) is 5.02 Å². The zero-order valence-electron chi connectivity index (χ0n) is 18.6. The summed E-state index contributed by atoms with van der Waals surface area (Å²) in [7, 11) is 5.37. The fraction of sp³-hybridized carbons (Fsp3) is 0.333. The van der Waals surface area contributed by atoms with Gasteiger partial charge in [0.1, 0.15) is 11.5 Å². The third kappa shape index (κ3) is 4.59. The van der Waals surface area contributed by atoms with Gasteiger partial charge in [0.05, 0.1) is 29.9 Å². The Labute approximate surface area is 192 Å². The molecule has 7 nitrogen and oxygen atoms in total. The molecule has 1 aliphatic heterocycles. The quantitative estimate of drug-likeness (QED) is 0.367. The van der Waals surface area contributed by atoms with Gasteiger partial charge in [-0.1, -0.05) is 23.7 Å². The SMILES string of the molecule is CCOc1ccc(Cl)c(/C(O)=C2\C(=O)C(=O)N(CCOC)C2c2ccc(N(C)C)cc2)c1. The fourth-order valence-corrected chi connectivity index (χ4v) is 3.90. The number of ether oxygens (including phenoxy) is 2. The van der Waals surface area contributed by atoms with Crippen LogP contribution in [-0.4, -0.2) is 62.7 Å². The highest BCUT2D eigenvalue weighted by molar-refractivity contribution is 6.47. The smallest absolute Gasteiger partial charge is 0.295 e. The molecule has 1 unspecified atom stereocenters. The summed E-state index contributed by atoms with van der Waals surface area (Å²) in [5.74, 6) is -1.30. The summed E-state index contributed by atoms with van der Waals surface area (Å²) in [6.07, 6.45) is 0. The van der Waals surface area contributed by atoms with E-state index >= 15 is 0 Å². The van der Waals surface area contributed by atoms with Gasteiger partial charge in [0.2, 0.25) is 0 Å². The molecule has 1 heterocycles. The Bertz CT molecular complexity index is 1030. The summed E-state index contributed by atoms with van der Waals surface area (Å²) in [4.78, 5) is 29.3. The molecule has 0 spiro atoms. The molecule has 2 aromatic carbocycles. The first kappa shape index (κ1) is 23.6. The first-order valence-corrected chi connectivity index (χ1v) is 10.6. The van der Waals surface area contributed by atoms with E-state index in [1.807, 2.05) is 50.2 Å². The minimum absolute atomic E-state index is 0.0146. The van der Waals surface area contributed by atoms with Gasteiger partial charge in [0.25, 0.3) is 11.7 Å². The number of Topliss-reactive ketones (excluding diaryl/α,β-unsaturated/α-hetero) is 1. The Kier molecular flexibility index (Phi) is 7.43. The van der Waals surface area contributed by atoms with E-state index in [0.717, 1.165) is 5.69 Å². The summed E-state index contributed by atoms with van der Waals surface area (Å²) < 4.78 is 10.6.